The Kier molecular flexibility index (Phi) is 4.41. The Morgan fingerprint density at radius 3 is 1.95 bits per heavy atom. The van der Waals surface area contributed by atoms with Gasteiger partial charge < -0.3 is 0 Å². The lowest BCUT2D eigenvalue weighted by atomic mass is 10.1. The molecule has 0 unspecified atom stereocenters. The van der Waals surface area contributed by atoms with Crippen LogP contribution in [0.15, 0.2) is 23.2 Å². The minimum Gasteiger partial charge on any atom is -0.278 e. The highest BCUT2D eigenvalue weighted by Crippen LogP contribution is 2.38. The molecule has 120 valence electrons. The van der Waals surface area contributed by atoms with Crippen LogP contribution in [0.3, 0.4) is 0 Å². The number of rotatable bonds is 2. The molecule has 1 aliphatic heterocycles. The van der Waals surface area contributed by atoms with E-state index in [4.69, 9.17) is 0 Å². The van der Waals surface area contributed by atoms with Crippen molar-refractivity contribution < 1.29 is 31.1 Å². The molecule has 0 fully saturated rings. The second-order valence-electron chi connectivity index (χ2n) is 4.25. The minimum absolute atomic E-state index is 0.0100. The summed E-state index contributed by atoms with van der Waals surface area (Å²) in [6, 6.07) is 0.992. The topological polar surface area (TPSA) is 32.7 Å². The third-order valence-electron chi connectivity index (χ3n) is 2.73. The van der Waals surface area contributed by atoms with Gasteiger partial charge in [-0.1, -0.05) is 11.8 Å². The van der Waals surface area contributed by atoms with Crippen LogP contribution >= 0.6 is 11.8 Å². The number of hydrogen-bond donors (Lipinski definition) is 0. The number of amidine groups is 1. The van der Waals surface area contributed by atoms with Gasteiger partial charge in [-0.15, -0.1) is 0 Å². The standard InChI is InChI=1S/C12H8F6N2OS/c13-11(14,15)7-3-8(12(16,17)18)5-9(4-7)20(6-21)10-19-1-2-22-10/h3-6H,1-2H2. The van der Waals surface area contributed by atoms with Crippen molar-refractivity contribution >= 4 is 29.0 Å². The predicted octanol–water partition coefficient (Wildman–Crippen LogP) is 3.79. The molecule has 1 heterocycles. The zero-order valence-corrected chi connectivity index (χ0v) is 11.5. The molecule has 0 spiro atoms. The number of amides is 1. The summed E-state index contributed by atoms with van der Waals surface area (Å²) in [5.41, 5.74) is -3.48. The molecule has 1 aliphatic rings. The van der Waals surface area contributed by atoms with Crippen molar-refractivity contribution in [3.8, 4) is 0 Å². The molecule has 0 N–H and O–H groups in total. The Labute approximate surface area is 125 Å². The van der Waals surface area contributed by atoms with Crippen molar-refractivity contribution in [2.75, 3.05) is 17.2 Å². The van der Waals surface area contributed by atoms with E-state index < -0.39 is 29.2 Å². The molecular weight excluding hydrogens is 334 g/mol. The van der Waals surface area contributed by atoms with Crippen molar-refractivity contribution in [2.45, 2.75) is 12.4 Å². The van der Waals surface area contributed by atoms with E-state index in [1.165, 1.54) is 0 Å². The van der Waals surface area contributed by atoms with Crippen LogP contribution in [0.2, 0.25) is 0 Å². The van der Waals surface area contributed by atoms with E-state index in [2.05, 4.69) is 4.99 Å². The summed E-state index contributed by atoms with van der Waals surface area (Å²) in [5, 5.41) is 0.0717. The van der Waals surface area contributed by atoms with Crippen LogP contribution in [0.4, 0.5) is 32.0 Å². The van der Waals surface area contributed by atoms with Gasteiger partial charge >= 0.3 is 12.4 Å². The summed E-state index contributed by atoms with van der Waals surface area (Å²) < 4.78 is 76.6. The predicted molar refractivity (Wildman–Crippen MR) is 69.7 cm³/mol. The summed E-state index contributed by atoms with van der Waals surface area (Å²) in [4.78, 5) is 15.6. The molecule has 1 aromatic carbocycles. The van der Waals surface area contributed by atoms with Gasteiger partial charge in [0.25, 0.3) is 0 Å². The van der Waals surface area contributed by atoms with Crippen LogP contribution in [0.5, 0.6) is 0 Å². The molecule has 0 bridgehead atoms. The summed E-state index contributed by atoms with van der Waals surface area (Å²) in [5.74, 6) is 0.505. The smallest absolute Gasteiger partial charge is 0.278 e. The van der Waals surface area contributed by atoms with Crippen molar-refractivity contribution in [1.82, 2.24) is 0 Å². The van der Waals surface area contributed by atoms with Crippen molar-refractivity contribution in [1.29, 1.82) is 0 Å². The molecule has 10 heteroatoms. The van der Waals surface area contributed by atoms with Gasteiger partial charge in [-0.25, -0.2) is 0 Å². The molecule has 1 aromatic rings. The summed E-state index contributed by atoms with van der Waals surface area (Å²) in [7, 11) is 0. The summed E-state index contributed by atoms with van der Waals surface area (Å²) in [6.45, 7) is 0.343. The number of carbonyl (C=O) groups is 1. The first kappa shape index (κ1) is 16.7. The molecule has 0 radical (unpaired) electrons. The Morgan fingerprint density at radius 2 is 1.59 bits per heavy atom. The first-order valence-corrected chi connectivity index (χ1v) is 6.83. The van der Waals surface area contributed by atoms with E-state index in [1.54, 1.807) is 0 Å². The van der Waals surface area contributed by atoms with Gasteiger partial charge in [0, 0.05) is 5.75 Å². The van der Waals surface area contributed by atoms with Gasteiger partial charge in [-0.2, -0.15) is 26.3 Å². The van der Waals surface area contributed by atoms with E-state index in [0.29, 0.717) is 29.3 Å². The van der Waals surface area contributed by atoms with Gasteiger partial charge in [0.15, 0.2) is 5.17 Å². The Bertz CT molecular complexity index is 578. The van der Waals surface area contributed by atoms with Gasteiger partial charge in [0.2, 0.25) is 6.41 Å². The maximum absolute atomic E-state index is 12.8. The fraction of sp³-hybridized carbons (Fsp3) is 0.333. The van der Waals surface area contributed by atoms with Gasteiger partial charge in [0.05, 0.1) is 23.4 Å². The normalized spacial score (nSPS) is 15.6. The number of nitrogens with zero attached hydrogens (tertiary/aromatic N) is 2. The highest BCUT2D eigenvalue weighted by atomic mass is 32.2. The van der Waals surface area contributed by atoms with E-state index in [1.807, 2.05) is 0 Å². The van der Waals surface area contributed by atoms with E-state index in [0.717, 1.165) is 11.8 Å². The van der Waals surface area contributed by atoms with E-state index in [-0.39, 0.29) is 17.6 Å². The van der Waals surface area contributed by atoms with Crippen LogP contribution in [-0.4, -0.2) is 23.9 Å². The fourth-order valence-corrected chi connectivity index (χ4v) is 2.60. The van der Waals surface area contributed by atoms with Crippen molar-refractivity contribution in [2.24, 2.45) is 4.99 Å². The molecule has 1 amide bonds. The Morgan fingerprint density at radius 1 is 1.05 bits per heavy atom. The van der Waals surface area contributed by atoms with Crippen molar-refractivity contribution in [3.05, 3.63) is 29.3 Å². The lowest BCUT2D eigenvalue weighted by molar-refractivity contribution is -0.143. The number of anilines is 1. The van der Waals surface area contributed by atoms with Crippen molar-refractivity contribution in [3.63, 3.8) is 0 Å². The first-order valence-electron chi connectivity index (χ1n) is 5.84. The first-order chi connectivity index (χ1) is 10.1. The fourth-order valence-electron chi connectivity index (χ4n) is 1.76. The summed E-state index contributed by atoms with van der Waals surface area (Å²) in [6.07, 6.45) is -9.78. The van der Waals surface area contributed by atoms with E-state index in [9.17, 15) is 31.1 Å². The summed E-state index contributed by atoms with van der Waals surface area (Å²) >= 11 is 1.08. The monoisotopic (exact) mass is 342 g/mol. The average molecular weight is 342 g/mol. The number of thioether (sulfide) groups is 1. The minimum atomic E-state index is -4.96. The quantitative estimate of drug-likeness (QED) is 0.605. The second-order valence-corrected chi connectivity index (χ2v) is 5.31. The maximum atomic E-state index is 12.8. The second kappa shape index (κ2) is 5.82. The number of carbonyl (C=O) groups excluding carboxylic acids is 1. The highest BCUT2D eigenvalue weighted by molar-refractivity contribution is 8.14. The van der Waals surface area contributed by atoms with E-state index >= 15 is 0 Å². The average Bonchev–Trinajstić information content (AvgIpc) is 2.91. The molecule has 2 rings (SSSR count). The van der Waals surface area contributed by atoms with Crippen LogP contribution in [0.25, 0.3) is 0 Å². The van der Waals surface area contributed by atoms with Gasteiger partial charge in [-0.05, 0) is 18.2 Å². The number of alkyl halides is 6. The Balaban J connectivity index is 2.56. The number of aliphatic imine (C=N–C) groups is 1. The molecule has 0 aliphatic carbocycles. The molecule has 0 aromatic heterocycles. The van der Waals surface area contributed by atoms with Gasteiger partial charge in [-0.3, -0.25) is 14.7 Å². The number of benzene rings is 1. The molecule has 3 nitrogen and oxygen atoms in total. The third kappa shape index (κ3) is 3.54. The zero-order valence-electron chi connectivity index (χ0n) is 10.7. The Hall–Kier alpha value is -1.71. The zero-order chi connectivity index (χ0) is 16.5. The molecule has 0 saturated heterocycles. The number of halogens is 6. The van der Waals surface area contributed by atoms with Gasteiger partial charge in [0.1, 0.15) is 0 Å². The van der Waals surface area contributed by atoms with Crippen LogP contribution in [0, 0.1) is 0 Å². The van der Waals surface area contributed by atoms with Crippen LogP contribution < -0.4 is 4.90 Å². The lowest BCUT2D eigenvalue weighted by Gasteiger charge is -2.20. The molecule has 0 atom stereocenters. The maximum Gasteiger partial charge on any atom is 0.416 e. The lowest BCUT2D eigenvalue weighted by Crippen LogP contribution is -2.26. The largest absolute Gasteiger partial charge is 0.416 e. The highest BCUT2D eigenvalue weighted by Gasteiger charge is 2.37. The SMILES string of the molecule is O=CN(C1=NCCS1)c1cc(C(F)(F)F)cc(C(F)(F)F)c1. The van der Waals surface area contributed by atoms with Crippen LogP contribution in [-0.2, 0) is 17.1 Å². The molecule has 22 heavy (non-hydrogen) atoms. The number of hydrogen-bond acceptors (Lipinski definition) is 3. The molecule has 0 saturated carbocycles. The molecular formula is C12H8F6N2OS. The van der Waals surface area contributed by atoms with Crippen LogP contribution in [0.1, 0.15) is 11.1 Å². The third-order valence-corrected chi connectivity index (χ3v) is 3.70.